The molecular weight excluding hydrogens is 456 g/mol. The van der Waals surface area contributed by atoms with E-state index in [1.165, 1.54) is 0 Å². The van der Waals surface area contributed by atoms with Gasteiger partial charge >= 0.3 is 0 Å². The van der Waals surface area contributed by atoms with Crippen LogP contribution in [0.25, 0.3) is 0 Å². The molecule has 0 aliphatic carbocycles. The van der Waals surface area contributed by atoms with Crippen LogP contribution < -0.4 is 0 Å². The van der Waals surface area contributed by atoms with Crippen molar-refractivity contribution < 1.29 is 31.5 Å². The van der Waals surface area contributed by atoms with Gasteiger partial charge in [0, 0.05) is 24.2 Å². The van der Waals surface area contributed by atoms with E-state index in [-0.39, 0.29) is 12.1 Å². The van der Waals surface area contributed by atoms with Gasteiger partial charge in [0.05, 0.1) is 21.0 Å². The van der Waals surface area contributed by atoms with E-state index in [4.69, 9.17) is 4.12 Å². The first-order valence-corrected chi connectivity index (χ1v) is 15.3. The van der Waals surface area contributed by atoms with Gasteiger partial charge in [-0.3, -0.25) is 20.2 Å². The van der Waals surface area contributed by atoms with E-state index in [0.29, 0.717) is 12.1 Å². The molecule has 0 saturated heterocycles. The van der Waals surface area contributed by atoms with Crippen molar-refractivity contribution in [3.05, 3.63) is 78.9 Å². The molecule has 0 aromatic heterocycles. The Morgan fingerprint density at radius 1 is 0.742 bits per heavy atom. The summed E-state index contributed by atoms with van der Waals surface area (Å²) in [6, 6.07) is 2.56. The summed E-state index contributed by atoms with van der Waals surface area (Å²) in [5, 5.41) is 22.5. The minimum Gasteiger partial charge on any atom is -0.455 e. The fourth-order valence-electron chi connectivity index (χ4n) is 3.51. The van der Waals surface area contributed by atoms with Gasteiger partial charge in [0.2, 0.25) is 0 Å². The van der Waals surface area contributed by atoms with Crippen molar-refractivity contribution in [3.63, 3.8) is 0 Å². The standard InChI is InChI=1S/C18H20F4N2O5Si2/c1-30(2,9-11-15(23(25)26)7-5-13(19)17(11)21)29-31(3,4)10-12-16(24(27)28)8-6-14(20)18(12)22/h5-8H,9-10H2,1-4H3. The Morgan fingerprint density at radius 3 is 1.35 bits per heavy atom. The summed E-state index contributed by atoms with van der Waals surface area (Å²) < 4.78 is 62.1. The molecule has 0 radical (unpaired) electrons. The molecule has 2 aromatic carbocycles. The highest BCUT2D eigenvalue weighted by molar-refractivity contribution is 6.84. The van der Waals surface area contributed by atoms with Gasteiger partial charge in [-0.2, -0.15) is 0 Å². The quantitative estimate of drug-likeness (QED) is 0.221. The number of nitro benzene ring substituents is 2. The third-order valence-electron chi connectivity index (χ3n) is 4.49. The molecule has 0 aliphatic rings. The number of nitrogens with zero attached hydrogens (tertiary/aromatic N) is 2. The Hall–Kier alpha value is -2.65. The summed E-state index contributed by atoms with van der Waals surface area (Å²) in [7, 11) is -5.95. The molecule has 0 N–H and O–H groups in total. The maximum Gasteiger partial charge on any atom is 0.275 e. The zero-order valence-corrected chi connectivity index (χ0v) is 19.2. The fraction of sp³-hybridized carbons (Fsp3) is 0.333. The van der Waals surface area contributed by atoms with Gasteiger partial charge < -0.3 is 4.12 Å². The van der Waals surface area contributed by atoms with Gasteiger partial charge in [0.15, 0.2) is 39.9 Å². The summed E-state index contributed by atoms with van der Waals surface area (Å²) in [5.74, 6) is -5.16. The van der Waals surface area contributed by atoms with E-state index in [9.17, 15) is 37.8 Å². The van der Waals surface area contributed by atoms with Gasteiger partial charge in [0.1, 0.15) is 0 Å². The molecule has 13 heteroatoms. The number of rotatable bonds is 8. The zero-order valence-electron chi connectivity index (χ0n) is 17.2. The van der Waals surface area contributed by atoms with Gasteiger partial charge in [0.25, 0.3) is 11.4 Å². The lowest BCUT2D eigenvalue weighted by atomic mass is 10.2. The van der Waals surface area contributed by atoms with Crippen LogP contribution >= 0.6 is 0 Å². The Balaban J connectivity index is 2.36. The molecule has 2 aromatic rings. The molecule has 0 spiro atoms. The van der Waals surface area contributed by atoms with Crippen LogP contribution in [-0.4, -0.2) is 26.5 Å². The van der Waals surface area contributed by atoms with Crippen LogP contribution in [0.1, 0.15) is 11.1 Å². The summed E-state index contributed by atoms with van der Waals surface area (Å²) in [5.41, 5.74) is -2.05. The van der Waals surface area contributed by atoms with Crippen LogP contribution in [0.5, 0.6) is 0 Å². The first-order valence-electron chi connectivity index (χ1n) is 9.08. The lowest BCUT2D eigenvalue weighted by Gasteiger charge is -2.34. The van der Waals surface area contributed by atoms with Crippen molar-refractivity contribution in [2.24, 2.45) is 0 Å². The zero-order chi connectivity index (χ0) is 23.7. The Morgan fingerprint density at radius 2 is 1.06 bits per heavy atom. The molecule has 0 unspecified atom stereocenters. The number of hydrogen-bond donors (Lipinski definition) is 0. The van der Waals surface area contributed by atoms with Crippen molar-refractivity contribution in [2.75, 3.05) is 0 Å². The van der Waals surface area contributed by atoms with Crippen molar-refractivity contribution in [1.82, 2.24) is 0 Å². The smallest absolute Gasteiger partial charge is 0.275 e. The molecule has 0 bridgehead atoms. The minimum atomic E-state index is -2.98. The summed E-state index contributed by atoms with van der Waals surface area (Å²) in [4.78, 5) is 20.8. The molecule has 0 atom stereocenters. The summed E-state index contributed by atoms with van der Waals surface area (Å²) >= 11 is 0. The summed E-state index contributed by atoms with van der Waals surface area (Å²) in [6.07, 6.45) is 0. The highest BCUT2D eigenvalue weighted by Gasteiger charge is 2.38. The predicted molar refractivity (Wildman–Crippen MR) is 109 cm³/mol. The van der Waals surface area contributed by atoms with Crippen molar-refractivity contribution in [1.29, 1.82) is 0 Å². The van der Waals surface area contributed by atoms with E-state index in [1.54, 1.807) is 26.2 Å². The van der Waals surface area contributed by atoms with E-state index in [0.717, 1.165) is 12.1 Å². The van der Waals surface area contributed by atoms with Crippen LogP contribution in [0.4, 0.5) is 28.9 Å². The van der Waals surface area contributed by atoms with E-state index >= 15 is 0 Å². The first-order chi connectivity index (χ1) is 14.1. The minimum absolute atomic E-state index is 0.253. The molecular formula is C18H20F4N2O5Si2. The number of benzene rings is 2. The number of hydrogen-bond acceptors (Lipinski definition) is 5. The van der Waals surface area contributed by atoms with Crippen LogP contribution in [0, 0.1) is 43.5 Å². The SMILES string of the molecule is C[Si](C)(Cc1c([N+](=O)[O-])ccc(F)c1F)O[Si](C)(C)Cc1c([N+](=O)[O-])ccc(F)c1F. The molecule has 0 fully saturated rings. The lowest BCUT2D eigenvalue weighted by molar-refractivity contribution is -0.385. The van der Waals surface area contributed by atoms with Crippen LogP contribution in [0.15, 0.2) is 24.3 Å². The third kappa shape index (κ3) is 5.74. The third-order valence-corrected chi connectivity index (χ3v) is 11.3. The van der Waals surface area contributed by atoms with Crippen LogP contribution in [0.3, 0.4) is 0 Å². The lowest BCUT2D eigenvalue weighted by Crippen LogP contribution is -2.48. The Labute approximate surface area is 177 Å². The van der Waals surface area contributed by atoms with E-state index < -0.39 is 72.3 Å². The molecule has 0 amide bonds. The van der Waals surface area contributed by atoms with Crippen molar-refractivity contribution >= 4 is 28.0 Å². The monoisotopic (exact) mass is 476 g/mol. The largest absolute Gasteiger partial charge is 0.455 e. The second kappa shape index (κ2) is 8.84. The second-order valence-corrected chi connectivity index (χ2v) is 16.8. The van der Waals surface area contributed by atoms with Crippen LogP contribution in [0.2, 0.25) is 26.2 Å². The highest BCUT2D eigenvalue weighted by Crippen LogP contribution is 2.32. The highest BCUT2D eigenvalue weighted by atomic mass is 28.4. The molecule has 168 valence electrons. The molecule has 2 rings (SSSR count). The summed E-state index contributed by atoms with van der Waals surface area (Å²) in [6.45, 7) is 6.47. The average molecular weight is 477 g/mol. The molecule has 0 heterocycles. The van der Waals surface area contributed by atoms with Crippen LogP contribution in [-0.2, 0) is 16.2 Å². The van der Waals surface area contributed by atoms with E-state index in [2.05, 4.69) is 0 Å². The molecule has 0 aliphatic heterocycles. The van der Waals surface area contributed by atoms with Gasteiger partial charge in [-0.15, -0.1) is 0 Å². The Bertz CT molecular complexity index is 969. The van der Waals surface area contributed by atoms with Gasteiger partial charge in [-0.05, 0) is 38.3 Å². The first kappa shape index (κ1) is 24.6. The van der Waals surface area contributed by atoms with Gasteiger partial charge in [-0.1, -0.05) is 0 Å². The fourth-order valence-corrected chi connectivity index (χ4v) is 12.5. The van der Waals surface area contributed by atoms with Crippen molar-refractivity contribution in [2.45, 2.75) is 38.3 Å². The van der Waals surface area contributed by atoms with Gasteiger partial charge in [-0.25, -0.2) is 17.6 Å². The van der Waals surface area contributed by atoms with E-state index in [1.807, 2.05) is 0 Å². The maximum atomic E-state index is 14.3. The van der Waals surface area contributed by atoms with Crippen molar-refractivity contribution in [3.8, 4) is 0 Å². The molecule has 0 saturated carbocycles. The second-order valence-electron chi connectivity index (χ2n) is 8.21. The predicted octanol–water partition coefficient (Wildman–Crippen LogP) is 5.35. The topological polar surface area (TPSA) is 95.5 Å². The Kier molecular flexibility index (Phi) is 7.02. The average Bonchev–Trinajstić information content (AvgIpc) is 2.61. The molecule has 31 heavy (non-hydrogen) atoms. The number of halogens is 4. The normalized spacial score (nSPS) is 12.1. The molecule has 7 nitrogen and oxygen atoms in total. The number of nitro groups is 2. The maximum absolute atomic E-state index is 14.3.